The molecule has 0 atom stereocenters. The van der Waals surface area contributed by atoms with Crippen LogP contribution in [-0.2, 0) is 0 Å². The molecule has 0 saturated heterocycles. The van der Waals surface area contributed by atoms with Gasteiger partial charge in [0.15, 0.2) is 0 Å². The molecule has 0 heterocycles. The van der Waals surface area contributed by atoms with Crippen molar-refractivity contribution in [2.75, 3.05) is 6.54 Å². The third-order valence-electron chi connectivity index (χ3n) is 3.57. The second kappa shape index (κ2) is 4.86. The van der Waals surface area contributed by atoms with Crippen molar-refractivity contribution < 1.29 is 4.79 Å². The highest BCUT2D eigenvalue weighted by atomic mass is 79.9. The Bertz CT molecular complexity index is 483. The lowest BCUT2D eigenvalue weighted by atomic mass is 10.2. The molecule has 2 nitrogen and oxygen atoms in total. The van der Waals surface area contributed by atoms with Gasteiger partial charge >= 0.3 is 0 Å². The number of hydrogen-bond acceptors (Lipinski definition) is 1. The van der Waals surface area contributed by atoms with Crippen LogP contribution < -0.4 is 0 Å². The number of carbonyl (C=O) groups excluding carboxylic acids is 1. The largest absolute Gasteiger partial charge is 0.335 e. The highest BCUT2D eigenvalue weighted by Gasteiger charge is 2.36. The molecule has 18 heavy (non-hydrogen) atoms. The molecule has 1 amide bonds. The summed E-state index contributed by atoms with van der Waals surface area (Å²) in [7, 11) is 0. The van der Waals surface area contributed by atoms with Gasteiger partial charge in [0.1, 0.15) is 0 Å². The number of nitrogens with zero attached hydrogens (tertiary/aromatic N) is 1. The predicted molar refractivity (Wildman–Crippen MR) is 75.9 cm³/mol. The standard InChI is InChI=1S/C14H15BrClNO/c15-12-6-3-10(7-13(12)16)14(18)17(11-4-5-11)8-9-1-2-9/h3,6-7,9,11H,1-2,4-5,8H2. The maximum atomic E-state index is 12.5. The fourth-order valence-electron chi connectivity index (χ4n) is 2.16. The quantitative estimate of drug-likeness (QED) is 0.814. The summed E-state index contributed by atoms with van der Waals surface area (Å²) in [5, 5.41) is 0.600. The molecule has 2 aliphatic rings. The van der Waals surface area contributed by atoms with E-state index in [1.807, 2.05) is 12.1 Å². The minimum Gasteiger partial charge on any atom is -0.335 e. The summed E-state index contributed by atoms with van der Waals surface area (Å²) in [5.74, 6) is 0.874. The maximum Gasteiger partial charge on any atom is 0.254 e. The topological polar surface area (TPSA) is 20.3 Å². The van der Waals surface area contributed by atoms with Crippen molar-refractivity contribution in [2.45, 2.75) is 31.7 Å². The Balaban J connectivity index is 1.79. The minimum atomic E-state index is 0.138. The van der Waals surface area contributed by atoms with E-state index in [1.54, 1.807) is 6.07 Å². The fourth-order valence-corrected chi connectivity index (χ4v) is 2.58. The number of rotatable bonds is 4. The zero-order valence-corrected chi connectivity index (χ0v) is 12.4. The third-order valence-corrected chi connectivity index (χ3v) is 4.80. The van der Waals surface area contributed by atoms with Gasteiger partial charge in [-0.2, -0.15) is 0 Å². The number of amides is 1. The molecule has 3 rings (SSSR count). The van der Waals surface area contributed by atoms with Gasteiger partial charge in [-0.25, -0.2) is 0 Å². The van der Waals surface area contributed by atoms with Gasteiger partial charge in [-0.1, -0.05) is 11.6 Å². The van der Waals surface area contributed by atoms with E-state index in [0.29, 0.717) is 16.6 Å². The van der Waals surface area contributed by atoms with Gasteiger partial charge in [0.2, 0.25) is 0 Å². The van der Waals surface area contributed by atoms with Crippen LogP contribution in [0.25, 0.3) is 0 Å². The molecular formula is C14H15BrClNO. The molecule has 0 radical (unpaired) electrons. The summed E-state index contributed by atoms with van der Waals surface area (Å²) in [6.45, 7) is 0.928. The van der Waals surface area contributed by atoms with E-state index in [9.17, 15) is 4.79 Å². The first-order valence-corrected chi connectivity index (χ1v) is 7.58. The molecule has 0 spiro atoms. The molecule has 0 unspecified atom stereocenters. The number of benzene rings is 1. The molecule has 4 heteroatoms. The molecule has 1 aromatic rings. The smallest absolute Gasteiger partial charge is 0.254 e. The van der Waals surface area contributed by atoms with Crippen LogP contribution in [0.5, 0.6) is 0 Å². The van der Waals surface area contributed by atoms with Gasteiger partial charge in [0.25, 0.3) is 5.91 Å². The van der Waals surface area contributed by atoms with Crippen LogP contribution in [0, 0.1) is 5.92 Å². The normalized spacial score (nSPS) is 18.8. The highest BCUT2D eigenvalue weighted by molar-refractivity contribution is 9.10. The van der Waals surface area contributed by atoms with E-state index in [1.165, 1.54) is 12.8 Å². The molecule has 0 aromatic heterocycles. The fraction of sp³-hybridized carbons (Fsp3) is 0.500. The average Bonchev–Trinajstić information content (AvgIpc) is 3.22. The van der Waals surface area contributed by atoms with Crippen LogP contribution in [0.1, 0.15) is 36.0 Å². The van der Waals surface area contributed by atoms with Crippen LogP contribution in [0.2, 0.25) is 5.02 Å². The van der Waals surface area contributed by atoms with Gasteiger partial charge in [0, 0.05) is 22.6 Å². The predicted octanol–water partition coefficient (Wildman–Crippen LogP) is 4.12. The molecular weight excluding hydrogens is 314 g/mol. The summed E-state index contributed by atoms with van der Waals surface area (Å²) < 4.78 is 0.834. The lowest BCUT2D eigenvalue weighted by Gasteiger charge is -2.22. The molecule has 2 fully saturated rings. The Kier molecular flexibility index (Phi) is 3.37. The molecule has 2 aliphatic carbocycles. The van der Waals surface area contributed by atoms with Gasteiger partial charge in [0.05, 0.1) is 5.02 Å². The van der Waals surface area contributed by atoms with Crippen molar-refractivity contribution in [3.63, 3.8) is 0 Å². The van der Waals surface area contributed by atoms with E-state index >= 15 is 0 Å². The van der Waals surface area contributed by atoms with E-state index in [-0.39, 0.29) is 5.91 Å². The van der Waals surface area contributed by atoms with Gasteiger partial charge in [-0.3, -0.25) is 4.79 Å². The first-order valence-electron chi connectivity index (χ1n) is 6.41. The summed E-state index contributed by atoms with van der Waals surface area (Å²) in [6.07, 6.45) is 4.86. The van der Waals surface area contributed by atoms with Crippen LogP contribution in [0.15, 0.2) is 22.7 Å². The van der Waals surface area contributed by atoms with Gasteiger partial charge in [-0.15, -0.1) is 0 Å². The van der Waals surface area contributed by atoms with Crippen molar-refractivity contribution in [1.29, 1.82) is 0 Å². The Morgan fingerprint density at radius 1 is 1.33 bits per heavy atom. The van der Waals surface area contributed by atoms with E-state index in [0.717, 1.165) is 29.8 Å². The molecule has 1 aromatic carbocycles. The average molecular weight is 329 g/mol. The van der Waals surface area contributed by atoms with Crippen LogP contribution in [0.3, 0.4) is 0 Å². The molecule has 2 saturated carbocycles. The van der Waals surface area contributed by atoms with Crippen LogP contribution >= 0.6 is 27.5 Å². The van der Waals surface area contributed by atoms with Gasteiger partial charge < -0.3 is 4.90 Å². The van der Waals surface area contributed by atoms with Crippen molar-refractivity contribution in [2.24, 2.45) is 5.92 Å². The van der Waals surface area contributed by atoms with Crippen molar-refractivity contribution >= 4 is 33.4 Å². The zero-order valence-electron chi connectivity index (χ0n) is 10.0. The van der Waals surface area contributed by atoms with Crippen molar-refractivity contribution in [3.05, 3.63) is 33.3 Å². The first kappa shape index (κ1) is 12.5. The molecule has 0 N–H and O–H groups in total. The molecule has 96 valence electrons. The summed E-state index contributed by atoms with van der Waals surface area (Å²) in [6, 6.07) is 5.93. The summed E-state index contributed by atoms with van der Waals surface area (Å²) >= 11 is 9.41. The third kappa shape index (κ3) is 2.72. The monoisotopic (exact) mass is 327 g/mol. The van der Waals surface area contributed by atoms with Crippen LogP contribution in [0.4, 0.5) is 0 Å². The first-order chi connectivity index (χ1) is 8.65. The second-order valence-corrected chi connectivity index (χ2v) is 6.52. The second-order valence-electron chi connectivity index (χ2n) is 5.26. The highest BCUT2D eigenvalue weighted by Crippen LogP contribution is 2.36. The number of carbonyl (C=O) groups is 1. The van der Waals surface area contributed by atoms with E-state index in [2.05, 4.69) is 20.8 Å². The SMILES string of the molecule is O=C(c1ccc(Br)c(Cl)c1)N(CC1CC1)C1CC1. The Morgan fingerprint density at radius 3 is 2.61 bits per heavy atom. The Morgan fingerprint density at radius 2 is 2.06 bits per heavy atom. The lowest BCUT2D eigenvalue weighted by Crippen LogP contribution is -2.34. The molecule has 0 aliphatic heterocycles. The van der Waals surface area contributed by atoms with Crippen LogP contribution in [-0.4, -0.2) is 23.4 Å². The lowest BCUT2D eigenvalue weighted by molar-refractivity contribution is 0.0735. The minimum absolute atomic E-state index is 0.138. The number of halogens is 2. The Labute approximate surface area is 120 Å². The summed E-state index contributed by atoms with van der Waals surface area (Å²) in [5.41, 5.74) is 0.704. The van der Waals surface area contributed by atoms with Gasteiger partial charge in [-0.05, 0) is 65.7 Å². The van der Waals surface area contributed by atoms with E-state index < -0.39 is 0 Å². The number of hydrogen-bond donors (Lipinski definition) is 0. The molecule has 0 bridgehead atoms. The van der Waals surface area contributed by atoms with Crippen molar-refractivity contribution in [1.82, 2.24) is 4.90 Å². The van der Waals surface area contributed by atoms with Crippen molar-refractivity contribution in [3.8, 4) is 0 Å². The summed E-state index contributed by atoms with van der Waals surface area (Å²) in [4.78, 5) is 14.6. The maximum absolute atomic E-state index is 12.5. The zero-order chi connectivity index (χ0) is 12.7. The Hall–Kier alpha value is -0.540. The van der Waals surface area contributed by atoms with E-state index in [4.69, 9.17) is 11.6 Å².